The maximum atomic E-state index is 11.3. The van der Waals surface area contributed by atoms with Gasteiger partial charge in [0.1, 0.15) is 0 Å². The molecule has 0 aromatic carbocycles. The molecule has 4 heteroatoms. The Morgan fingerprint density at radius 2 is 2.62 bits per heavy atom. The lowest BCUT2D eigenvalue weighted by Gasteiger charge is -2.10. The van der Waals surface area contributed by atoms with E-state index in [0.717, 1.165) is 19.4 Å². The highest BCUT2D eigenvalue weighted by Crippen LogP contribution is 2.12. The first-order chi connectivity index (χ1) is 6.36. The highest BCUT2D eigenvalue weighted by atomic mass is 16.5. The van der Waals surface area contributed by atoms with Crippen molar-refractivity contribution < 1.29 is 4.74 Å². The van der Waals surface area contributed by atoms with Crippen molar-refractivity contribution in [3.8, 4) is 0 Å². The summed E-state index contributed by atoms with van der Waals surface area (Å²) in [6, 6.07) is 1.47. The van der Waals surface area contributed by atoms with E-state index >= 15 is 0 Å². The van der Waals surface area contributed by atoms with Crippen molar-refractivity contribution in [3.05, 3.63) is 28.9 Å². The molecule has 1 aromatic rings. The van der Waals surface area contributed by atoms with Crippen molar-refractivity contribution in [2.45, 2.75) is 25.5 Å². The molecule has 1 aliphatic rings. The molecule has 1 unspecified atom stereocenters. The normalized spacial score (nSPS) is 22.0. The van der Waals surface area contributed by atoms with Gasteiger partial charge in [0.25, 0.3) is 5.56 Å². The molecule has 70 valence electrons. The predicted molar refractivity (Wildman–Crippen MR) is 47.5 cm³/mol. The average molecular weight is 180 g/mol. The molecule has 1 aliphatic heterocycles. The molecule has 1 aromatic heterocycles. The van der Waals surface area contributed by atoms with E-state index in [1.165, 1.54) is 12.3 Å². The van der Waals surface area contributed by atoms with Crippen molar-refractivity contribution in [1.82, 2.24) is 9.55 Å². The summed E-state index contributed by atoms with van der Waals surface area (Å²) < 4.78 is 7.02. The smallest absolute Gasteiger partial charge is 0.253 e. The zero-order valence-corrected chi connectivity index (χ0v) is 7.35. The van der Waals surface area contributed by atoms with Crippen LogP contribution in [0.25, 0.3) is 0 Å². The maximum Gasteiger partial charge on any atom is 0.253 e. The summed E-state index contributed by atoms with van der Waals surface area (Å²) in [5.74, 6) is 0. The molecule has 0 radical (unpaired) electrons. The summed E-state index contributed by atoms with van der Waals surface area (Å²) in [5.41, 5.74) is -0.00880. The second kappa shape index (κ2) is 3.70. The Morgan fingerprint density at radius 1 is 1.69 bits per heavy atom. The van der Waals surface area contributed by atoms with Gasteiger partial charge in [0.05, 0.1) is 19.0 Å². The van der Waals surface area contributed by atoms with E-state index in [1.807, 2.05) is 0 Å². The Bertz CT molecular complexity index is 328. The third-order valence-electron chi connectivity index (χ3n) is 2.22. The second-order valence-corrected chi connectivity index (χ2v) is 3.21. The van der Waals surface area contributed by atoms with Crippen LogP contribution in [0.3, 0.4) is 0 Å². The van der Waals surface area contributed by atoms with E-state index in [-0.39, 0.29) is 11.7 Å². The van der Waals surface area contributed by atoms with Gasteiger partial charge in [-0.1, -0.05) is 0 Å². The number of hydrogen-bond acceptors (Lipinski definition) is 3. The topological polar surface area (TPSA) is 44.1 Å². The lowest BCUT2D eigenvalue weighted by Crippen LogP contribution is -2.25. The van der Waals surface area contributed by atoms with Gasteiger partial charge in [-0.3, -0.25) is 9.36 Å². The number of nitrogens with zero attached hydrogens (tertiary/aromatic N) is 2. The number of ether oxygens (including phenoxy) is 1. The monoisotopic (exact) mass is 180 g/mol. The van der Waals surface area contributed by atoms with Crippen LogP contribution in [0, 0.1) is 0 Å². The molecule has 0 amide bonds. The molecule has 0 bridgehead atoms. The van der Waals surface area contributed by atoms with Gasteiger partial charge < -0.3 is 4.74 Å². The first-order valence-corrected chi connectivity index (χ1v) is 4.48. The minimum Gasteiger partial charge on any atom is -0.376 e. The van der Waals surface area contributed by atoms with E-state index in [1.54, 1.807) is 10.9 Å². The standard InChI is InChI=1S/C9H12N2O2/c12-9-3-4-10-7-11(9)6-8-2-1-5-13-8/h3-4,7-8H,1-2,5-6H2. The SMILES string of the molecule is O=c1ccncn1CC1CCCO1. The quantitative estimate of drug-likeness (QED) is 0.662. The van der Waals surface area contributed by atoms with Gasteiger partial charge in [0, 0.05) is 18.9 Å². The Kier molecular flexibility index (Phi) is 2.40. The molecular weight excluding hydrogens is 168 g/mol. The van der Waals surface area contributed by atoms with Crippen LogP contribution in [0.4, 0.5) is 0 Å². The molecule has 0 aliphatic carbocycles. The Labute approximate surface area is 76.2 Å². The van der Waals surface area contributed by atoms with E-state index in [4.69, 9.17) is 4.74 Å². The molecule has 1 fully saturated rings. The zero-order chi connectivity index (χ0) is 9.10. The maximum absolute atomic E-state index is 11.3. The third-order valence-corrected chi connectivity index (χ3v) is 2.22. The Morgan fingerprint density at radius 3 is 3.31 bits per heavy atom. The highest BCUT2D eigenvalue weighted by molar-refractivity contribution is 4.83. The fourth-order valence-corrected chi connectivity index (χ4v) is 1.52. The molecule has 13 heavy (non-hydrogen) atoms. The van der Waals surface area contributed by atoms with Crippen molar-refractivity contribution in [2.24, 2.45) is 0 Å². The lowest BCUT2D eigenvalue weighted by atomic mass is 10.2. The number of hydrogen-bond donors (Lipinski definition) is 0. The molecule has 2 heterocycles. The van der Waals surface area contributed by atoms with Crippen molar-refractivity contribution >= 4 is 0 Å². The predicted octanol–water partition coefficient (Wildman–Crippen LogP) is 0.422. The van der Waals surface area contributed by atoms with Crippen LogP contribution in [0.15, 0.2) is 23.4 Å². The molecule has 0 spiro atoms. The molecule has 4 nitrogen and oxygen atoms in total. The van der Waals surface area contributed by atoms with E-state index in [2.05, 4.69) is 4.98 Å². The van der Waals surface area contributed by atoms with Gasteiger partial charge in [-0.15, -0.1) is 0 Å². The summed E-state index contributed by atoms with van der Waals surface area (Å²) in [4.78, 5) is 15.2. The van der Waals surface area contributed by atoms with Crippen molar-refractivity contribution in [1.29, 1.82) is 0 Å². The van der Waals surface area contributed by atoms with Gasteiger partial charge in [-0.05, 0) is 12.8 Å². The second-order valence-electron chi connectivity index (χ2n) is 3.21. The van der Waals surface area contributed by atoms with Gasteiger partial charge in [0.15, 0.2) is 0 Å². The highest BCUT2D eigenvalue weighted by Gasteiger charge is 2.15. The fraction of sp³-hybridized carbons (Fsp3) is 0.556. The molecule has 2 rings (SSSR count). The summed E-state index contributed by atoms with van der Waals surface area (Å²) >= 11 is 0. The van der Waals surface area contributed by atoms with Crippen LogP contribution in [0.2, 0.25) is 0 Å². The molecule has 0 N–H and O–H groups in total. The molecule has 0 saturated carbocycles. The van der Waals surface area contributed by atoms with Crippen LogP contribution in [0.5, 0.6) is 0 Å². The zero-order valence-electron chi connectivity index (χ0n) is 7.35. The largest absolute Gasteiger partial charge is 0.376 e. The van der Waals surface area contributed by atoms with E-state index in [9.17, 15) is 4.79 Å². The fourth-order valence-electron chi connectivity index (χ4n) is 1.52. The average Bonchev–Trinajstić information content (AvgIpc) is 2.61. The van der Waals surface area contributed by atoms with Gasteiger partial charge in [0.2, 0.25) is 0 Å². The number of aromatic nitrogens is 2. The summed E-state index contributed by atoms with van der Waals surface area (Å²) in [5, 5.41) is 0. The first-order valence-electron chi connectivity index (χ1n) is 4.48. The minimum absolute atomic E-state index is 0.00880. The van der Waals surface area contributed by atoms with Crippen LogP contribution in [-0.4, -0.2) is 22.3 Å². The summed E-state index contributed by atoms with van der Waals surface area (Å²) in [7, 11) is 0. The Hall–Kier alpha value is -1.16. The van der Waals surface area contributed by atoms with Gasteiger partial charge in [-0.2, -0.15) is 0 Å². The summed E-state index contributed by atoms with van der Waals surface area (Å²) in [6.07, 6.45) is 5.40. The first kappa shape index (κ1) is 8.44. The van der Waals surface area contributed by atoms with Crippen molar-refractivity contribution in [3.63, 3.8) is 0 Å². The third kappa shape index (κ3) is 1.95. The lowest BCUT2D eigenvalue weighted by molar-refractivity contribution is 0.0959. The van der Waals surface area contributed by atoms with E-state index in [0.29, 0.717) is 6.54 Å². The van der Waals surface area contributed by atoms with Gasteiger partial charge in [-0.25, -0.2) is 4.98 Å². The Balaban J connectivity index is 2.08. The van der Waals surface area contributed by atoms with Crippen molar-refractivity contribution in [2.75, 3.05) is 6.61 Å². The van der Waals surface area contributed by atoms with Crippen LogP contribution < -0.4 is 5.56 Å². The number of rotatable bonds is 2. The van der Waals surface area contributed by atoms with E-state index < -0.39 is 0 Å². The van der Waals surface area contributed by atoms with Crippen LogP contribution in [0.1, 0.15) is 12.8 Å². The van der Waals surface area contributed by atoms with Crippen LogP contribution in [-0.2, 0) is 11.3 Å². The van der Waals surface area contributed by atoms with Gasteiger partial charge >= 0.3 is 0 Å². The molecular formula is C9H12N2O2. The van der Waals surface area contributed by atoms with Crippen LogP contribution >= 0.6 is 0 Å². The molecule has 1 atom stereocenters. The molecule has 1 saturated heterocycles. The summed E-state index contributed by atoms with van der Waals surface area (Å²) in [6.45, 7) is 1.45. The minimum atomic E-state index is -0.00880.